The normalized spacial score (nSPS) is 19.5. The maximum absolute atomic E-state index is 12.9. The largest absolute Gasteiger partial charge is 0.476 e. The maximum Gasteiger partial charge on any atom is 0.355 e. The predicted octanol–water partition coefficient (Wildman–Crippen LogP) is 1.65. The minimum absolute atomic E-state index is 0.0144. The molecule has 0 bridgehead atoms. The van der Waals surface area contributed by atoms with Crippen LogP contribution in [0.5, 0.6) is 0 Å². The van der Waals surface area contributed by atoms with Crippen LogP contribution in [0.15, 0.2) is 29.5 Å². The van der Waals surface area contributed by atoms with Crippen LogP contribution in [0.25, 0.3) is 0 Å². The number of carboxylic acids is 1. The number of benzene rings is 1. The van der Waals surface area contributed by atoms with Crippen LogP contribution in [0.1, 0.15) is 6.92 Å². The average molecular weight is 395 g/mol. The van der Waals surface area contributed by atoms with E-state index >= 15 is 0 Å². The molecule has 0 aliphatic carbocycles. The zero-order valence-electron chi connectivity index (χ0n) is 13.4. The van der Waals surface area contributed by atoms with Crippen molar-refractivity contribution in [1.82, 2.24) is 10.0 Å². The lowest BCUT2D eigenvalue weighted by Crippen LogP contribution is -2.46. The minimum Gasteiger partial charge on any atom is -0.476 e. The molecule has 0 unspecified atom stereocenters. The third-order valence-corrected chi connectivity index (χ3v) is 4.71. The summed E-state index contributed by atoms with van der Waals surface area (Å²) >= 11 is 12.2. The Balaban J connectivity index is 2.03. The Morgan fingerprint density at radius 2 is 2.08 bits per heavy atom. The van der Waals surface area contributed by atoms with Crippen molar-refractivity contribution in [3.63, 3.8) is 0 Å². The summed E-state index contributed by atoms with van der Waals surface area (Å²) in [7, 11) is 0. The molecule has 0 radical (unpaired) electrons. The Bertz CT molecular complexity index is 908. The molecule has 2 aliphatic rings. The lowest BCUT2D eigenvalue weighted by Gasteiger charge is -2.27. The summed E-state index contributed by atoms with van der Waals surface area (Å²) in [5, 5.41) is 21.4. The SMILES string of the molecule is CC(=O)N(c1cc(Cl)ccc1Cl)[C@H]1CN2CC(C#N)=C(C(=O)O)N2C1=O. The Morgan fingerprint density at radius 1 is 1.38 bits per heavy atom. The smallest absolute Gasteiger partial charge is 0.355 e. The van der Waals surface area contributed by atoms with Gasteiger partial charge in [0.25, 0.3) is 5.91 Å². The van der Waals surface area contributed by atoms with Gasteiger partial charge in [-0.3, -0.25) is 14.5 Å². The fraction of sp³-hybridized carbons (Fsp3) is 0.250. The number of anilines is 1. The van der Waals surface area contributed by atoms with E-state index in [1.807, 2.05) is 0 Å². The van der Waals surface area contributed by atoms with E-state index in [1.54, 1.807) is 12.1 Å². The molecule has 26 heavy (non-hydrogen) atoms. The number of rotatable bonds is 3. The summed E-state index contributed by atoms with van der Waals surface area (Å²) in [5.41, 5.74) is -0.145. The van der Waals surface area contributed by atoms with Crippen molar-refractivity contribution in [2.45, 2.75) is 13.0 Å². The van der Waals surface area contributed by atoms with Crippen molar-refractivity contribution in [2.75, 3.05) is 18.0 Å². The average Bonchev–Trinajstić information content (AvgIpc) is 3.08. The van der Waals surface area contributed by atoms with Crippen molar-refractivity contribution in [2.24, 2.45) is 0 Å². The second-order valence-electron chi connectivity index (χ2n) is 5.74. The van der Waals surface area contributed by atoms with Gasteiger partial charge in [-0.25, -0.2) is 14.8 Å². The summed E-state index contributed by atoms with van der Waals surface area (Å²) < 4.78 is 0. The third kappa shape index (κ3) is 2.80. The first-order valence-electron chi connectivity index (χ1n) is 7.46. The van der Waals surface area contributed by atoms with Crippen LogP contribution in [0, 0.1) is 11.3 Å². The second-order valence-corrected chi connectivity index (χ2v) is 6.59. The molecule has 0 aromatic heterocycles. The fourth-order valence-electron chi connectivity index (χ4n) is 3.14. The number of carboxylic acid groups (broad SMARTS) is 1. The third-order valence-electron chi connectivity index (χ3n) is 4.15. The molecule has 1 aromatic rings. The van der Waals surface area contributed by atoms with Crippen LogP contribution in [0.4, 0.5) is 5.69 Å². The van der Waals surface area contributed by atoms with Gasteiger partial charge in [0.15, 0.2) is 5.70 Å². The number of nitriles is 1. The monoisotopic (exact) mass is 394 g/mol. The highest BCUT2D eigenvalue weighted by Crippen LogP contribution is 2.36. The van der Waals surface area contributed by atoms with E-state index in [0.29, 0.717) is 5.02 Å². The topological polar surface area (TPSA) is 105 Å². The van der Waals surface area contributed by atoms with E-state index < -0.39 is 23.8 Å². The molecular formula is C16H12Cl2N4O4. The summed E-state index contributed by atoms with van der Waals surface area (Å²) in [6.45, 7) is 1.29. The van der Waals surface area contributed by atoms with Gasteiger partial charge in [0, 0.05) is 18.5 Å². The Morgan fingerprint density at radius 3 is 2.65 bits per heavy atom. The first kappa shape index (κ1) is 18.2. The van der Waals surface area contributed by atoms with Gasteiger partial charge >= 0.3 is 5.97 Å². The van der Waals surface area contributed by atoms with E-state index in [2.05, 4.69) is 0 Å². The van der Waals surface area contributed by atoms with Crippen molar-refractivity contribution in [3.05, 3.63) is 39.5 Å². The van der Waals surface area contributed by atoms with Crippen LogP contribution in [-0.2, 0) is 14.4 Å². The molecule has 2 heterocycles. The summed E-state index contributed by atoms with van der Waals surface area (Å²) in [6, 6.07) is 5.34. The summed E-state index contributed by atoms with van der Waals surface area (Å²) in [5.74, 6) is -2.46. The molecule has 2 amide bonds. The number of halogens is 2. The van der Waals surface area contributed by atoms with Crippen LogP contribution in [0.2, 0.25) is 10.0 Å². The van der Waals surface area contributed by atoms with E-state index in [0.717, 1.165) is 5.01 Å². The van der Waals surface area contributed by atoms with E-state index in [-0.39, 0.29) is 35.1 Å². The van der Waals surface area contributed by atoms with Gasteiger partial charge in [0.1, 0.15) is 6.04 Å². The number of hydrazine groups is 1. The van der Waals surface area contributed by atoms with Crippen molar-refractivity contribution in [3.8, 4) is 6.07 Å². The maximum atomic E-state index is 12.9. The number of amides is 2. The van der Waals surface area contributed by atoms with Crippen LogP contribution in [0.3, 0.4) is 0 Å². The van der Waals surface area contributed by atoms with Gasteiger partial charge in [-0.2, -0.15) is 5.26 Å². The number of fused-ring (bicyclic) bond motifs is 1. The number of aliphatic carboxylic acids is 1. The number of nitrogens with zero attached hydrogens (tertiary/aromatic N) is 4. The molecule has 1 aromatic carbocycles. The molecule has 1 fully saturated rings. The number of hydrogen-bond acceptors (Lipinski definition) is 5. The summed E-state index contributed by atoms with van der Waals surface area (Å²) in [4.78, 5) is 37.8. The molecule has 3 rings (SSSR count). The van der Waals surface area contributed by atoms with Crippen LogP contribution >= 0.6 is 23.2 Å². The zero-order chi connectivity index (χ0) is 19.2. The Hall–Kier alpha value is -2.60. The van der Waals surface area contributed by atoms with Crippen LogP contribution in [-0.4, -0.2) is 52.0 Å². The summed E-state index contributed by atoms with van der Waals surface area (Å²) in [6.07, 6.45) is 0. The molecule has 134 valence electrons. The van der Waals surface area contributed by atoms with Crippen molar-refractivity contribution >= 4 is 46.7 Å². The molecule has 1 saturated heterocycles. The van der Waals surface area contributed by atoms with Gasteiger partial charge in [-0.1, -0.05) is 23.2 Å². The molecule has 1 N–H and O–H groups in total. The second kappa shape index (κ2) is 6.61. The molecule has 0 saturated carbocycles. The highest BCUT2D eigenvalue weighted by atomic mass is 35.5. The van der Waals surface area contributed by atoms with E-state index in [9.17, 15) is 19.5 Å². The predicted molar refractivity (Wildman–Crippen MR) is 92.1 cm³/mol. The first-order valence-corrected chi connectivity index (χ1v) is 8.22. The van der Waals surface area contributed by atoms with Gasteiger partial charge in [-0.15, -0.1) is 0 Å². The molecule has 2 aliphatic heterocycles. The number of carbonyl (C=O) groups excluding carboxylic acids is 2. The first-order chi connectivity index (χ1) is 12.3. The van der Waals surface area contributed by atoms with Crippen LogP contribution < -0.4 is 4.90 Å². The molecule has 1 atom stereocenters. The standard InChI is InChI=1S/C16H12Cl2N4O4/c1-8(23)21(12-4-10(17)2-3-11(12)18)13-7-20-6-9(5-19)14(16(25)26)22(20)15(13)24/h2-4,13H,6-7H2,1H3,(H,25,26)/t13-/m0/s1. The van der Waals surface area contributed by atoms with Gasteiger partial charge < -0.3 is 5.11 Å². The zero-order valence-corrected chi connectivity index (χ0v) is 15.0. The van der Waals surface area contributed by atoms with Gasteiger partial charge in [0.2, 0.25) is 5.91 Å². The Kier molecular flexibility index (Phi) is 4.63. The fourth-order valence-corrected chi connectivity index (χ4v) is 3.51. The lowest BCUT2D eigenvalue weighted by atomic mass is 10.1. The minimum atomic E-state index is -1.38. The highest BCUT2D eigenvalue weighted by Gasteiger charge is 2.50. The number of hydrogen-bond donors (Lipinski definition) is 1. The molecular weight excluding hydrogens is 383 g/mol. The van der Waals surface area contributed by atoms with Gasteiger partial charge in [-0.05, 0) is 18.2 Å². The lowest BCUT2D eigenvalue weighted by molar-refractivity contribution is -0.143. The van der Waals surface area contributed by atoms with Crippen molar-refractivity contribution < 1.29 is 19.5 Å². The quantitative estimate of drug-likeness (QED) is 0.835. The van der Waals surface area contributed by atoms with E-state index in [1.165, 1.54) is 29.0 Å². The van der Waals surface area contributed by atoms with Gasteiger partial charge in [0.05, 0.1) is 28.9 Å². The number of carbonyl (C=O) groups is 3. The molecule has 10 heteroatoms. The molecule has 0 spiro atoms. The van der Waals surface area contributed by atoms with E-state index in [4.69, 9.17) is 28.5 Å². The van der Waals surface area contributed by atoms with Crippen molar-refractivity contribution in [1.29, 1.82) is 5.26 Å². The molecule has 8 nitrogen and oxygen atoms in total. The highest BCUT2D eigenvalue weighted by molar-refractivity contribution is 6.36. The Labute approximate surface area is 158 Å².